The molecule has 0 radical (unpaired) electrons. The van der Waals surface area contributed by atoms with Gasteiger partial charge in [-0.2, -0.15) is 5.26 Å². The van der Waals surface area contributed by atoms with Gasteiger partial charge in [0.15, 0.2) is 0 Å². The third-order valence-corrected chi connectivity index (χ3v) is 5.20. The van der Waals surface area contributed by atoms with Gasteiger partial charge in [0.2, 0.25) is 0 Å². The van der Waals surface area contributed by atoms with Crippen LogP contribution in [0.3, 0.4) is 0 Å². The maximum Gasteiger partial charge on any atom is 0.101 e. The van der Waals surface area contributed by atoms with Crippen LogP contribution in [0.15, 0.2) is 36.4 Å². The van der Waals surface area contributed by atoms with E-state index in [0.29, 0.717) is 33.2 Å². The van der Waals surface area contributed by atoms with Crippen molar-refractivity contribution in [1.82, 2.24) is 0 Å². The minimum absolute atomic E-state index is 0.351. The molecule has 0 fully saturated rings. The zero-order chi connectivity index (χ0) is 18.4. The Morgan fingerprint density at radius 3 is 2.40 bits per heavy atom. The summed E-state index contributed by atoms with van der Waals surface area (Å²) in [5.74, 6) is 0. The van der Waals surface area contributed by atoms with E-state index in [4.69, 9.17) is 40.1 Å². The SMILES string of the molecule is CCCC(CC)N(Cc1cc(Cl)ccc1Cl)c1ccc(C#N)c(Cl)c1. The van der Waals surface area contributed by atoms with Gasteiger partial charge in [-0.25, -0.2) is 0 Å². The van der Waals surface area contributed by atoms with Gasteiger partial charge in [0.05, 0.1) is 10.6 Å². The molecule has 0 saturated carbocycles. The fraction of sp³-hybridized carbons (Fsp3) is 0.350. The summed E-state index contributed by atoms with van der Waals surface area (Å²) in [7, 11) is 0. The van der Waals surface area contributed by atoms with Crippen LogP contribution in [-0.4, -0.2) is 6.04 Å². The Bertz CT molecular complexity index is 768. The van der Waals surface area contributed by atoms with Crippen LogP contribution in [-0.2, 0) is 6.54 Å². The molecule has 0 bridgehead atoms. The molecule has 0 aromatic heterocycles. The molecule has 0 amide bonds. The molecule has 0 saturated heterocycles. The molecule has 0 N–H and O–H groups in total. The third-order valence-electron chi connectivity index (χ3n) is 4.29. The van der Waals surface area contributed by atoms with E-state index < -0.39 is 0 Å². The lowest BCUT2D eigenvalue weighted by Crippen LogP contribution is -2.34. The van der Waals surface area contributed by atoms with E-state index in [2.05, 4.69) is 24.8 Å². The molecule has 132 valence electrons. The molecule has 0 heterocycles. The van der Waals surface area contributed by atoms with E-state index in [1.54, 1.807) is 12.1 Å². The highest BCUT2D eigenvalue weighted by Crippen LogP contribution is 2.30. The largest absolute Gasteiger partial charge is 0.364 e. The monoisotopic (exact) mass is 394 g/mol. The number of nitriles is 1. The van der Waals surface area contributed by atoms with Crippen LogP contribution >= 0.6 is 34.8 Å². The number of halogens is 3. The summed E-state index contributed by atoms with van der Waals surface area (Å²) in [4.78, 5) is 2.30. The minimum Gasteiger partial charge on any atom is -0.364 e. The van der Waals surface area contributed by atoms with Crippen molar-refractivity contribution in [2.75, 3.05) is 4.90 Å². The lowest BCUT2D eigenvalue weighted by Gasteiger charge is -2.34. The van der Waals surface area contributed by atoms with Gasteiger partial charge in [-0.3, -0.25) is 0 Å². The lowest BCUT2D eigenvalue weighted by molar-refractivity contribution is 0.526. The highest BCUT2D eigenvalue weighted by Gasteiger charge is 2.19. The van der Waals surface area contributed by atoms with Crippen LogP contribution in [0.5, 0.6) is 0 Å². The summed E-state index contributed by atoms with van der Waals surface area (Å²) in [5.41, 5.74) is 2.44. The summed E-state index contributed by atoms with van der Waals surface area (Å²) in [6, 6.07) is 13.5. The van der Waals surface area contributed by atoms with Gasteiger partial charge in [-0.15, -0.1) is 0 Å². The first-order valence-electron chi connectivity index (χ1n) is 8.40. The Morgan fingerprint density at radius 1 is 1.04 bits per heavy atom. The molecule has 1 unspecified atom stereocenters. The van der Waals surface area contributed by atoms with E-state index >= 15 is 0 Å². The highest BCUT2D eigenvalue weighted by molar-refractivity contribution is 6.33. The maximum absolute atomic E-state index is 9.11. The molecule has 0 aliphatic carbocycles. The molecule has 25 heavy (non-hydrogen) atoms. The Balaban J connectivity index is 2.44. The van der Waals surface area contributed by atoms with E-state index in [1.165, 1.54) is 0 Å². The maximum atomic E-state index is 9.11. The second-order valence-corrected chi connectivity index (χ2v) is 7.24. The van der Waals surface area contributed by atoms with E-state index in [0.717, 1.165) is 30.5 Å². The molecule has 2 aromatic carbocycles. The fourth-order valence-corrected chi connectivity index (χ4v) is 3.56. The summed E-state index contributed by atoms with van der Waals surface area (Å²) in [5, 5.41) is 10.9. The van der Waals surface area contributed by atoms with Gasteiger partial charge in [-0.05, 0) is 54.8 Å². The summed E-state index contributed by atoms with van der Waals surface area (Å²) < 4.78 is 0. The highest BCUT2D eigenvalue weighted by atomic mass is 35.5. The van der Waals surface area contributed by atoms with Gasteiger partial charge in [0.1, 0.15) is 6.07 Å². The van der Waals surface area contributed by atoms with Crippen molar-refractivity contribution in [1.29, 1.82) is 5.26 Å². The number of benzene rings is 2. The predicted molar refractivity (Wildman–Crippen MR) is 108 cm³/mol. The van der Waals surface area contributed by atoms with Crippen molar-refractivity contribution < 1.29 is 0 Å². The lowest BCUT2D eigenvalue weighted by atomic mass is 10.0. The zero-order valence-corrected chi connectivity index (χ0v) is 16.7. The molecule has 1 atom stereocenters. The number of hydrogen-bond donors (Lipinski definition) is 0. The quantitative estimate of drug-likeness (QED) is 0.499. The smallest absolute Gasteiger partial charge is 0.101 e. The normalized spacial score (nSPS) is 11.8. The summed E-state index contributed by atoms with van der Waals surface area (Å²) >= 11 is 18.8. The van der Waals surface area contributed by atoms with Crippen LogP contribution in [0.2, 0.25) is 15.1 Å². The molecule has 0 aliphatic heterocycles. The van der Waals surface area contributed by atoms with Crippen molar-refractivity contribution in [3.05, 3.63) is 62.6 Å². The standard InChI is InChI=1S/C20H21Cl3N2/c1-3-5-17(4-2)25(13-15-10-16(21)7-9-19(15)22)18-8-6-14(12-24)20(23)11-18/h6-11,17H,3-5,13H2,1-2H3. The zero-order valence-electron chi connectivity index (χ0n) is 14.4. The second-order valence-electron chi connectivity index (χ2n) is 5.99. The fourth-order valence-electron chi connectivity index (χ4n) is 2.97. The first-order valence-corrected chi connectivity index (χ1v) is 9.53. The van der Waals surface area contributed by atoms with Crippen molar-refractivity contribution in [2.24, 2.45) is 0 Å². The average molecular weight is 396 g/mol. The van der Waals surface area contributed by atoms with Gasteiger partial charge >= 0.3 is 0 Å². The minimum atomic E-state index is 0.351. The van der Waals surface area contributed by atoms with Gasteiger partial charge in [0, 0.05) is 28.3 Å². The van der Waals surface area contributed by atoms with E-state index in [-0.39, 0.29) is 0 Å². The summed E-state index contributed by atoms with van der Waals surface area (Å²) in [6.45, 7) is 5.00. The first kappa shape index (κ1) is 19.9. The summed E-state index contributed by atoms with van der Waals surface area (Å²) in [6.07, 6.45) is 3.15. The van der Waals surface area contributed by atoms with Crippen molar-refractivity contribution in [3.8, 4) is 6.07 Å². The number of rotatable bonds is 7. The van der Waals surface area contributed by atoms with E-state index in [9.17, 15) is 0 Å². The molecule has 0 spiro atoms. The van der Waals surface area contributed by atoms with Crippen LogP contribution in [0.25, 0.3) is 0 Å². The average Bonchev–Trinajstić information content (AvgIpc) is 2.60. The van der Waals surface area contributed by atoms with Gasteiger partial charge < -0.3 is 4.90 Å². The van der Waals surface area contributed by atoms with Crippen LogP contribution in [0.1, 0.15) is 44.2 Å². The van der Waals surface area contributed by atoms with Crippen molar-refractivity contribution in [2.45, 2.75) is 45.7 Å². The van der Waals surface area contributed by atoms with Crippen LogP contribution in [0.4, 0.5) is 5.69 Å². The molecular weight excluding hydrogens is 375 g/mol. The number of hydrogen-bond acceptors (Lipinski definition) is 2. The Morgan fingerprint density at radius 2 is 1.80 bits per heavy atom. The Kier molecular flexibility index (Phi) is 7.44. The van der Waals surface area contributed by atoms with E-state index in [1.807, 2.05) is 24.3 Å². The molecule has 2 rings (SSSR count). The number of nitrogens with zero attached hydrogens (tertiary/aromatic N) is 2. The molecular formula is C20H21Cl3N2. The Hall–Kier alpha value is -1.40. The molecule has 2 nitrogen and oxygen atoms in total. The molecule has 2 aromatic rings. The van der Waals surface area contributed by atoms with Crippen LogP contribution < -0.4 is 4.90 Å². The van der Waals surface area contributed by atoms with Gasteiger partial charge in [0.25, 0.3) is 0 Å². The van der Waals surface area contributed by atoms with Crippen molar-refractivity contribution in [3.63, 3.8) is 0 Å². The van der Waals surface area contributed by atoms with Crippen LogP contribution in [0, 0.1) is 11.3 Å². The second kappa shape index (κ2) is 9.34. The predicted octanol–water partition coefficient (Wildman–Crippen LogP) is 7.10. The topological polar surface area (TPSA) is 27.0 Å². The molecule has 5 heteroatoms. The van der Waals surface area contributed by atoms with Crippen molar-refractivity contribution >= 4 is 40.5 Å². The Labute approximate surface area is 164 Å². The number of anilines is 1. The first-order chi connectivity index (χ1) is 12.0. The molecule has 0 aliphatic rings. The van der Waals surface area contributed by atoms with Gasteiger partial charge in [-0.1, -0.05) is 55.1 Å². The third kappa shape index (κ3) is 5.05.